The Balaban J connectivity index is 0.00000128. The van der Waals surface area contributed by atoms with E-state index in [1.165, 1.54) is 6.33 Å². The van der Waals surface area contributed by atoms with Crippen LogP contribution in [0.3, 0.4) is 0 Å². The van der Waals surface area contributed by atoms with Crippen LogP contribution in [0.15, 0.2) is 11.1 Å². The van der Waals surface area contributed by atoms with Gasteiger partial charge < -0.3 is 10.3 Å². The van der Waals surface area contributed by atoms with Gasteiger partial charge in [-0.25, -0.2) is 9.78 Å². The van der Waals surface area contributed by atoms with E-state index >= 15 is 0 Å². The minimum absolute atomic E-state index is 0. The maximum Gasteiger partial charge on any atom is 0.318 e. The van der Waals surface area contributed by atoms with Gasteiger partial charge in [-0.2, -0.15) is 4.98 Å². The van der Waals surface area contributed by atoms with Gasteiger partial charge in [0.05, 0.1) is 6.33 Å². The first-order chi connectivity index (χ1) is 7.08. The number of primary amides is 1. The van der Waals surface area contributed by atoms with E-state index in [9.17, 15) is 9.59 Å². The summed E-state index contributed by atoms with van der Waals surface area (Å²) in [6.45, 7) is 0. The Kier molecular flexibility index (Phi) is 2.93. The molecule has 2 heterocycles. The number of amides is 2. The van der Waals surface area contributed by atoms with Crippen molar-refractivity contribution in [1.82, 2.24) is 19.5 Å². The predicted octanol–water partition coefficient (Wildman–Crippen LogP) is -0.217. The number of nitrogens with zero attached hydrogens (tertiary/aromatic N) is 3. The Morgan fingerprint density at radius 3 is 2.94 bits per heavy atom. The zero-order chi connectivity index (χ0) is 11.0. The average Bonchev–Trinajstić information content (AvgIpc) is 2.47. The van der Waals surface area contributed by atoms with Crippen molar-refractivity contribution >= 4 is 23.1 Å². The summed E-state index contributed by atoms with van der Waals surface area (Å²) in [5.41, 5.74) is 5.06. The predicted molar refractivity (Wildman–Crippen MR) is 59.1 cm³/mol. The number of aryl methyl sites for hydroxylation is 1. The van der Waals surface area contributed by atoms with E-state index in [2.05, 4.69) is 20.3 Å². The van der Waals surface area contributed by atoms with Crippen molar-refractivity contribution in [3.05, 3.63) is 16.7 Å². The lowest BCUT2D eigenvalue weighted by Gasteiger charge is -2.00. The van der Waals surface area contributed by atoms with Gasteiger partial charge in [0.1, 0.15) is 0 Å². The molecule has 0 unspecified atom stereocenters. The highest BCUT2D eigenvalue weighted by atomic mass is 16.2. The number of H-pyrrole nitrogens is 1. The number of anilines is 1. The Hall–Kier alpha value is -2.38. The van der Waals surface area contributed by atoms with Crippen LogP contribution in [0.1, 0.15) is 7.43 Å². The zero-order valence-corrected chi connectivity index (χ0v) is 7.81. The molecule has 8 nitrogen and oxygen atoms in total. The molecule has 16 heavy (non-hydrogen) atoms. The SMILES string of the molecule is C.Cn1cnc2c(=O)[nH]c(NC(N)=O)nc21. The summed E-state index contributed by atoms with van der Waals surface area (Å²) in [6, 6.07) is -0.792. The molecule has 4 N–H and O–H groups in total. The third kappa shape index (κ3) is 1.85. The van der Waals surface area contributed by atoms with E-state index in [4.69, 9.17) is 5.73 Å². The summed E-state index contributed by atoms with van der Waals surface area (Å²) in [7, 11) is 1.69. The monoisotopic (exact) mass is 224 g/mol. The molecule has 0 spiro atoms. The van der Waals surface area contributed by atoms with Crippen LogP contribution in [0.25, 0.3) is 11.2 Å². The molecule has 0 aromatic carbocycles. The molecule has 0 atom stereocenters. The van der Waals surface area contributed by atoms with Gasteiger partial charge in [-0.05, 0) is 0 Å². The molecule has 2 aromatic heterocycles. The number of carbonyl (C=O) groups is 1. The smallest absolute Gasteiger partial charge is 0.318 e. The Morgan fingerprint density at radius 1 is 1.62 bits per heavy atom. The van der Waals surface area contributed by atoms with E-state index in [-0.39, 0.29) is 18.9 Å². The lowest BCUT2D eigenvalue weighted by atomic mass is 10.5. The van der Waals surface area contributed by atoms with Crippen molar-refractivity contribution in [2.45, 2.75) is 7.43 Å². The number of nitrogens with one attached hydrogen (secondary N) is 2. The standard InChI is InChI=1S/C7H8N6O2.CH4/c1-13-2-9-3-4(13)10-7(11-5(3)14)12-6(8)15;/h2H,1H3,(H4,8,10,11,12,14,15);1H4. The minimum atomic E-state index is -0.792. The van der Waals surface area contributed by atoms with Gasteiger partial charge in [-0.15, -0.1) is 0 Å². The normalized spacial score (nSPS) is 9.81. The summed E-state index contributed by atoms with van der Waals surface area (Å²) in [6.07, 6.45) is 1.46. The number of nitrogens with two attached hydrogens (primary N) is 1. The van der Waals surface area contributed by atoms with E-state index in [1.54, 1.807) is 11.6 Å². The lowest BCUT2D eigenvalue weighted by molar-refractivity contribution is 0.259. The van der Waals surface area contributed by atoms with Gasteiger partial charge in [0.25, 0.3) is 5.56 Å². The van der Waals surface area contributed by atoms with Gasteiger partial charge in [0, 0.05) is 7.05 Å². The van der Waals surface area contributed by atoms with Gasteiger partial charge in [-0.1, -0.05) is 7.43 Å². The summed E-state index contributed by atoms with van der Waals surface area (Å²) in [4.78, 5) is 32.2. The summed E-state index contributed by atoms with van der Waals surface area (Å²) in [5, 5.41) is 2.19. The quantitative estimate of drug-likeness (QED) is 0.620. The van der Waals surface area contributed by atoms with Crippen LogP contribution in [0, 0.1) is 0 Å². The minimum Gasteiger partial charge on any atom is -0.351 e. The second-order valence-corrected chi connectivity index (χ2v) is 2.93. The van der Waals surface area contributed by atoms with E-state index in [0.717, 1.165) is 0 Å². The number of hydrogen-bond donors (Lipinski definition) is 3. The second-order valence-electron chi connectivity index (χ2n) is 2.93. The van der Waals surface area contributed by atoms with Crippen LogP contribution >= 0.6 is 0 Å². The molecule has 0 bridgehead atoms. The first-order valence-corrected chi connectivity index (χ1v) is 4.05. The van der Waals surface area contributed by atoms with E-state index in [0.29, 0.717) is 5.65 Å². The molecule has 0 fully saturated rings. The molecule has 0 aliphatic rings. The molecule has 2 rings (SSSR count). The van der Waals surface area contributed by atoms with Crippen molar-refractivity contribution in [3.63, 3.8) is 0 Å². The number of aromatic amines is 1. The molecular formula is C8H12N6O2. The summed E-state index contributed by atoms with van der Waals surface area (Å²) in [5.74, 6) is 0.00333. The fraction of sp³-hybridized carbons (Fsp3) is 0.250. The van der Waals surface area contributed by atoms with Crippen molar-refractivity contribution in [2.24, 2.45) is 12.8 Å². The fourth-order valence-electron chi connectivity index (χ4n) is 1.19. The highest BCUT2D eigenvalue weighted by Gasteiger charge is 2.08. The zero-order valence-electron chi connectivity index (χ0n) is 7.81. The number of hydrogen-bond acceptors (Lipinski definition) is 4. The van der Waals surface area contributed by atoms with Crippen molar-refractivity contribution in [3.8, 4) is 0 Å². The third-order valence-electron chi connectivity index (χ3n) is 1.81. The Morgan fingerprint density at radius 2 is 2.31 bits per heavy atom. The van der Waals surface area contributed by atoms with Crippen molar-refractivity contribution in [2.75, 3.05) is 5.32 Å². The van der Waals surface area contributed by atoms with Gasteiger partial charge >= 0.3 is 6.03 Å². The number of urea groups is 1. The average molecular weight is 224 g/mol. The van der Waals surface area contributed by atoms with Gasteiger partial charge in [0.15, 0.2) is 11.2 Å². The number of aromatic nitrogens is 4. The topological polar surface area (TPSA) is 119 Å². The van der Waals surface area contributed by atoms with Crippen LogP contribution in [0.5, 0.6) is 0 Å². The highest BCUT2D eigenvalue weighted by Crippen LogP contribution is 2.05. The van der Waals surface area contributed by atoms with Crippen LogP contribution in [0.2, 0.25) is 0 Å². The molecule has 0 aliphatic carbocycles. The van der Waals surface area contributed by atoms with Crippen LogP contribution in [0.4, 0.5) is 10.7 Å². The Bertz CT molecular complexity index is 584. The highest BCUT2D eigenvalue weighted by molar-refractivity contribution is 5.86. The molecular weight excluding hydrogens is 212 g/mol. The first kappa shape index (κ1) is 11.7. The lowest BCUT2D eigenvalue weighted by Crippen LogP contribution is -2.23. The summed E-state index contributed by atoms with van der Waals surface area (Å²) < 4.78 is 1.57. The van der Waals surface area contributed by atoms with Crippen molar-refractivity contribution in [1.29, 1.82) is 0 Å². The molecule has 0 radical (unpaired) electrons. The van der Waals surface area contributed by atoms with E-state index < -0.39 is 11.6 Å². The third-order valence-corrected chi connectivity index (χ3v) is 1.81. The first-order valence-electron chi connectivity index (χ1n) is 4.05. The molecule has 0 aliphatic heterocycles. The van der Waals surface area contributed by atoms with Gasteiger partial charge in [-0.3, -0.25) is 15.1 Å². The second kappa shape index (κ2) is 4.01. The van der Waals surface area contributed by atoms with Crippen LogP contribution in [-0.2, 0) is 7.05 Å². The molecule has 0 saturated heterocycles. The molecule has 0 saturated carbocycles. The fourth-order valence-corrected chi connectivity index (χ4v) is 1.19. The molecule has 2 amide bonds. The van der Waals surface area contributed by atoms with Crippen LogP contribution in [-0.4, -0.2) is 25.6 Å². The molecule has 86 valence electrons. The largest absolute Gasteiger partial charge is 0.351 e. The van der Waals surface area contributed by atoms with Gasteiger partial charge in [0.2, 0.25) is 5.95 Å². The number of fused-ring (bicyclic) bond motifs is 1. The number of carbonyl (C=O) groups excluding carboxylic acids is 1. The maximum absolute atomic E-state index is 11.4. The molecule has 8 heteroatoms. The maximum atomic E-state index is 11.4. The molecule has 2 aromatic rings. The number of imidazole rings is 1. The Labute approximate surface area is 90.5 Å². The summed E-state index contributed by atoms with van der Waals surface area (Å²) >= 11 is 0. The van der Waals surface area contributed by atoms with E-state index in [1.807, 2.05) is 0 Å². The number of rotatable bonds is 1. The van der Waals surface area contributed by atoms with Crippen molar-refractivity contribution < 1.29 is 4.79 Å². The van der Waals surface area contributed by atoms with Crippen LogP contribution < -0.4 is 16.6 Å².